The van der Waals surface area contributed by atoms with E-state index in [1.807, 2.05) is 36.4 Å². The molecule has 6 nitrogen and oxygen atoms in total. The van der Waals surface area contributed by atoms with Crippen molar-refractivity contribution >= 4 is 12.0 Å². The predicted octanol–water partition coefficient (Wildman–Crippen LogP) is 1.09. The van der Waals surface area contributed by atoms with Crippen LogP contribution in [0.3, 0.4) is 0 Å². The molecule has 2 amide bonds. The highest BCUT2D eigenvalue weighted by Crippen LogP contribution is 2.33. The van der Waals surface area contributed by atoms with Gasteiger partial charge in [0.25, 0.3) is 0 Å². The molecule has 0 saturated heterocycles. The van der Waals surface area contributed by atoms with Crippen molar-refractivity contribution in [3.05, 3.63) is 35.9 Å². The molecular formula is C14H15N3O3. The Morgan fingerprint density at radius 1 is 1.30 bits per heavy atom. The van der Waals surface area contributed by atoms with Gasteiger partial charge < -0.3 is 15.4 Å². The quantitative estimate of drug-likeness (QED) is 0.840. The molecule has 0 radical (unpaired) electrons. The van der Waals surface area contributed by atoms with E-state index in [0.717, 1.165) is 5.56 Å². The lowest BCUT2D eigenvalue weighted by atomic mass is 10.2. The van der Waals surface area contributed by atoms with Gasteiger partial charge in [-0.3, -0.25) is 4.79 Å². The normalized spacial score (nSPS) is 14.8. The summed E-state index contributed by atoms with van der Waals surface area (Å²) in [5.41, 5.74) is 0.153. The third-order valence-electron chi connectivity index (χ3n) is 2.95. The summed E-state index contributed by atoms with van der Waals surface area (Å²) in [4.78, 5) is 22.9. The van der Waals surface area contributed by atoms with Crippen LogP contribution in [0.2, 0.25) is 0 Å². The van der Waals surface area contributed by atoms with Gasteiger partial charge in [-0.05, 0) is 18.4 Å². The maximum absolute atomic E-state index is 11.5. The third-order valence-corrected chi connectivity index (χ3v) is 2.95. The van der Waals surface area contributed by atoms with Crippen molar-refractivity contribution in [1.29, 1.82) is 5.26 Å². The number of ether oxygens (including phenoxy) is 1. The number of carbonyl (C=O) groups excluding carboxylic acids is 2. The Labute approximate surface area is 116 Å². The number of nitriles is 1. The Bertz CT molecular complexity index is 532. The van der Waals surface area contributed by atoms with E-state index in [1.165, 1.54) is 0 Å². The predicted molar refractivity (Wildman–Crippen MR) is 70.4 cm³/mol. The first-order valence-corrected chi connectivity index (χ1v) is 6.30. The zero-order valence-electron chi connectivity index (χ0n) is 10.9. The molecule has 1 aromatic rings. The molecular weight excluding hydrogens is 258 g/mol. The highest BCUT2D eigenvalue weighted by Gasteiger charge is 2.44. The zero-order valence-corrected chi connectivity index (χ0v) is 10.9. The maximum atomic E-state index is 11.5. The molecule has 0 bridgehead atoms. The molecule has 0 atom stereocenters. The monoisotopic (exact) mass is 273 g/mol. The SMILES string of the molecule is N#CC1(NC(=O)CNC(=O)OCc2ccccc2)CC1. The van der Waals surface area contributed by atoms with Crippen LogP contribution in [0, 0.1) is 11.3 Å². The lowest BCUT2D eigenvalue weighted by molar-refractivity contribution is -0.120. The summed E-state index contributed by atoms with van der Waals surface area (Å²) in [6.07, 6.45) is 0.660. The minimum atomic E-state index is -0.716. The van der Waals surface area contributed by atoms with Crippen LogP contribution in [0.5, 0.6) is 0 Å². The van der Waals surface area contributed by atoms with Crippen molar-refractivity contribution in [2.24, 2.45) is 0 Å². The summed E-state index contributed by atoms with van der Waals surface area (Å²) in [5.74, 6) is -0.388. The van der Waals surface area contributed by atoms with Gasteiger partial charge in [-0.2, -0.15) is 5.26 Å². The first-order valence-electron chi connectivity index (χ1n) is 6.30. The van der Waals surface area contributed by atoms with Gasteiger partial charge in [0.15, 0.2) is 0 Å². The van der Waals surface area contributed by atoms with Crippen molar-refractivity contribution in [3.63, 3.8) is 0 Å². The molecule has 20 heavy (non-hydrogen) atoms. The molecule has 1 aliphatic rings. The molecule has 0 heterocycles. The van der Waals surface area contributed by atoms with Crippen LogP contribution < -0.4 is 10.6 Å². The average Bonchev–Trinajstić information content (AvgIpc) is 3.24. The summed E-state index contributed by atoms with van der Waals surface area (Å²) in [6, 6.07) is 11.3. The summed E-state index contributed by atoms with van der Waals surface area (Å²) >= 11 is 0. The number of carbonyl (C=O) groups is 2. The molecule has 0 unspecified atom stereocenters. The van der Waals surface area contributed by atoms with Crippen molar-refractivity contribution < 1.29 is 14.3 Å². The number of hydrogen-bond acceptors (Lipinski definition) is 4. The standard InChI is InChI=1S/C14H15N3O3/c15-10-14(6-7-14)17-12(18)8-16-13(19)20-9-11-4-2-1-3-5-11/h1-5H,6-9H2,(H,16,19)(H,17,18). The van der Waals surface area contributed by atoms with Gasteiger partial charge in [-0.15, -0.1) is 0 Å². The second-order valence-corrected chi connectivity index (χ2v) is 4.66. The molecule has 1 aromatic carbocycles. The van der Waals surface area contributed by atoms with Gasteiger partial charge in [0, 0.05) is 0 Å². The number of rotatable bonds is 5. The van der Waals surface area contributed by atoms with Crippen molar-refractivity contribution in [3.8, 4) is 6.07 Å². The van der Waals surface area contributed by atoms with Crippen LogP contribution in [0.25, 0.3) is 0 Å². The Morgan fingerprint density at radius 2 is 2.00 bits per heavy atom. The largest absolute Gasteiger partial charge is 0.445 e. The van der Waals surface area contributed by atoms with Gasteiger partial charge >= 0.3 is 6.09 Å². The Morgan fingerprint density at radius 3 is 2.60 bits per heavy atom. The molecule has 1 fully saturated rings. The average molecular weight is 273 g/mol. The molecule has 1 saturated carbocycles. The summed E-state index contributed by atoms with van der Waals surface area (Å²) < 4.78 is 4.96. The fourth-order valence-corrected chi connectivity index (χ4v) is 1.63. The van der Waals surface area contributed by atoms with E-state index in [4.69, 9.17) is 10.00 Å². The Hall–Kier alpha value is -2.55. The minimum Gasteiger partial charge on any atom is -0.445 e. The van der Waals surface area contributed by atoms with Crippen LogP contribution in [-0.2, 0) is 16.1 Å². The van der Waals surface area contributed by atoms with Crippen LogP contribution >= 0.6 is 0 Å². The van der Waals surface area contributed by atoms with Crippen molar-refractivity contribution in [2.45, 2.75) is 25.0 Å². The highest BCUT2D eigenvalue weighted by molar-refractivity contribution is 5.83. The molecule has 0 spiro atoms. The number of nitrogens with zero attached hydrogens (tertiary/aromatic N) is 1. The van der Waals surface area contributed by atoms with E-state index < -0.39 is 11.6 Å². The third kappa shape index (κ3) is 3.99. The summed E-state index contributed by atoms with van der Waals surface area (Å²) in [7, 11) is 0. The van der Waals surface area contributed by atoms with E-state index in [2.05, 4.69) is 10.6 Å². The van der Waals surface area contributed by atoms with E-state index in [-0.39, 0.29) is 19.1 Å². The first-order chi connectivity index (χ1) is 9.63. The number of amides is 2. The molecule has 1 aliphatic carbocycles. The van der Waals surface area contributed by atoms with Crippen LogP contribution in [0.1, 0.15) is 18.4 Å². The molecule has 104 valence electrons. The fourth-order valence-electron chi connectivity index (χ4n) is 1.63. The molecule has 2 rings (SSSR count). The molecule has 6 heteroatoms. The van der Waals surface area contributed by atoms with E-state index in [0.29, 0.717) is 12.8 Å². The van der Waals surface area contributed by atoms with E-state index >= 15 is 0 Å². The van der Waals surface area contributed by atoms with Gasteiger partial charge in [0.2, 0.25) is 5.91 Å². The fraction of sp³-hybridized carbons (Fsp3) is 0.357. The van der Waals surface area contributed by atoms with Crippen molar-refractivity contribution in [1.82, 2.24) is 10.6 Å². The lowest BCUT2D eigenvalue weighted by Gasteiger charge is -2.10. The maximum Gasteiger partial charge on any atom is 0.407 e. The van der Waals surface area contributed by atoms with E-state index in [1.54, 1.807) is 0 Å². The van der Waals surface area contributed by atoms with Gasteiger partial charge in [-0.25, -0.2) is 4.79 Å². The number of hydrogen-bond donors (Lipinski definition) is 2. The van der Waals surface area contributed by atoms with Crippen LogP contribution in [-0.4, -0.2) is 24.1 Å². The second kappa shape index (κ2) is 6.06. The van der Waals surface area contributed by atoms with Crippen molar-refractivity contribution in [2.75, 3.05) is 6.54 Å². The molecule has 2 N–H and O–H groups in total. The minimum absolute atomic E-state index is 0.149. The molecule has 0 aromatic heterocycles. The van der Waals surface area contributed by atoms with E-state index in [9.17, 15) is 9.59 Å². The second-order valence-electron chi connectivity index (χ2n) is 4.66. The van der Waals surface area contributed by atoms with Gasteiger partial charge in [0.05, 0.1) is 6.07 Å². The van der Waals surface area contributed by atoms with Crippen LogP contribution in [0.4, 0.5) is 4.79 Å². The van der Waals surface area contributed by atoms with Gasteiger partial charge in [0.1, 0.15) is 18.7 Å². The van der Waals surface area contributed by atoms with Gasteiger partial charge in [-0.1, -0.05) is 30.3 Å². The van der Waals surface area contributed by atoms with Crippen LogP contribution in [0.15, 0.2) is 30.3 Å². The lowest BCUT2D eigenvalue weighted by Crippen LogP contribution is -2.42. The Kier molecular flexibility index (Phi) is 4.20. The topological polar surface area (TPSA) is 91.2 Å². The zero-order chi connectivity index (χ0) is 14.4. The number of alkyl carbamates (subject to hydrolysis) is 1. The smallest absolute Gasteiger partial charge is 0.407 e. The number of nitrogens with one attached hydrogen (secondary N) is 2. The molecule has 0 aliphatic heterocycles. The summed E-state index contributed by atoms with van der Waals surface area (Å²) in [6.45, 7) is -0.0481. The Balaban J connectivity index is 1.65. The number of benzene rings is 1. The summed E-state index contributed by atoms with van der Waals surface area (Å²) in [5, 5.41) is 13.7. The highest BCUT2D eigenvalue weighted by atomic mass is 16.5. The first kappa shape index (κ1) is 13.9.